The van der Waals surface area contributed by atoms with Gasteiger partial charge in [-0.3, -0.25) is 4.79 Å². The number of carbonyl (C=O) groups is 1. The highest BCUT2D eigenvalue weighted by Crippen LogP contribution is 2.36. The van der Waals surface area contributed by atoms with E-state index >= 15 is 0 Å². The van der Waals surface area contributed by atoms with Crippen molar-refractivity contribution in [3.8, 4) is 17.2 Å². The van der Waals surface area contributed by atoms with Crippen LogP contribution >= 0.6 is 11.6 Å². The van der Waals surface area contributed by atoms with E-state index in [1.807, 2.05) is 0 Å². The van der Waals surface area contributed by atoms with Crippen molar-refractivity contribution in [3.05, 3.63) is 47.2 Å². The predicted molar refractivity (Wildman–Crippen MR) is 115 cm³/mol. The average molecular weight is 428 g/mol. The van der Waals surface area contributed by atoms with Gasteiger partial charge in [0.2, 0.25) is 0 Å². The number of halogens is 1. The van der Waals surface area contributed by atoms with E-state index in [0.29, 0.717) is 38.8 Å². The Bertz CT molecular complexity index is 1080. The first-order valence-electron chi connectivity index (χ1n) is 9.84. The Morgan fingerprint density at radius 3 is 2.70 bits per heavy atom. The Kier molecular flexibility index (Phi) is 5.90. The predicted octanol–water partition coefficient (Wildman–Crippen LogP) is 4.96. The van der Waals surface area contributed by atoms with Crippen LogP contribution in [0.1, 0.15) is 42.5 Å². The standard InChI is InChI=1S/C22H22ClN3O4/c1-29-18-9-13(7-8-16(18)23)22(28)26-21-20-17(24-12-25-21)10-14(27)11-19(20)30-15-5-3-2-4-6-15/h7-12,15,27H,2-6H2,1H3,(H,24,25,26,28). The lowest BCUT2D eigenvalue weighted by Gasteiger charge is -2.24. The number of fused-ring (bicyclic) bond motifs is 1. The molecule has 0 spiro atoms. The minimum absolute atomic E-state index is 0.0479. The third kappa shape index (κ3) is 4.26. The first-order chi connectivity index (χ1) is 14.5. The largest absolute Gasteiger partial charge is 0.508 e. The minimum atomic E-state index is -0.373. The Hall–Kier alpha value is -3.06. The molecule has 3 aromatic rings. The normalized spacial score (nSPS) is 14.5. The number of methoxy groups -OCH3 is 1. The lowest BCUT2D eigenvalue weighted by atomic mass is 9.98. The second-order valence-electron chi connectivity index (χ2n) is 7.24. The summed E-state index contributed by atoms with van der Waals surface area (Å²) in [7, 11) is 1.49. The van der Waals surface area contributed by atoms with Gasteiger partial charge in [0.05, 0.1) is 29.1 Å². The third-order valence-corrected chi connectivity index (χ3v) is 5.49. The molecule has 1 heterocycles. The summed E-state index contributed by atoms with van der Waals surface area (Å²) in [6.07, 6.45) is 6.74. The number of anilines is 1. The molecule has 1 aliphatic carbocycles. The zero-order chi connectivity index (χ0) is 21.1. The van der Waals surface area contributed by atoms with Crippen LogP contribution in [0.3, 0.4) is 0 Å². The van der Waals surface area contributed by atoms with Gasteiger partial charge in [0.25, 0.3) is 5.91 Å². The summed E-state index contributed by atoms with van der Waals surface area (Å²) in [6, 6.07) is 7.83. The van der Waals surface area contributed by atoms with E-state index in [-0.39, 0.29) is 17.8 Å². The maximum atomic E-state index is 12.8. The average Bonchev–Trinajstić information content (AvgIpc) is 2.74. The van der Waals surface area contributed by atoms with Gasteiger partial charge < -0.3 is 19.9 Å². The van der Waals surface area contributed by atoms with Crippen molar-refractivity contribution < 1.29 is 19.4 Å². The van der Waals surface area contributed by atoms with Crippen LogP contribution in [0, 0.1) is 0 Å². The van der Waals surface area contributed by atoms with Gasteiger partial charge in [0, 0.05) is 17.7 Å². The molecule has 30 heavy (non-hydrogen) atoms. The molecule has 0 aliphatic heterocycles. The van der Waals surface area contributed by atoms with Crippen molar-refractivity contribution in [3.63, 3.8) is 0 Å². The van der Waals surface area contributed by atoms with Crippen LogP contribution in [0.15, 0.2) is 36.7 Å². The lowest BCUT2D eigenvalue weighted by Crippen LogP contribution is -2.20. The maximum absolute atomic E-state index is 12.8. The number of nitrogens with one attached hydrogen (secondary N) is 1. The fraction of sp³-hybridized carbons (Fsp3) is 0.318. The topological polar surface area (TPSA) is 93.6 Å². The molecule has 0 saturated heterocycles. The quantitative estimate of drug-likeness (QED) is 0.597. The van der Waals surface area contributed by atoms with E-state index in [2.05, 4.69) is 15.3 Å². The number of carbonyl (C=O) groups excluding carboxylic acids is 1. The van der Waals surface area contributed by atoms with Gasteiger partial charge >= 0.3 is 0 Å². The van der Waals surface area contributed by atoms with Crippen LogP contribution < -0.4 is 14.8 Å². The van der Waals surface area contributed by atoms with E-state index in [4.69, 9.17) is 21.1 Å². The van der Waals surface area contributed by atoms with Crippen LogP contribution in [0.4, 0.5) is 5.82 Å². The van der Waals surface area contributed by atoms with Crippen molar-refractivity contribution in [1.82, 2.24) is 9.97 Å². The second kappa shape index (κ2) is 8.75. The fourth-order valence-electron chi connectivity index (χ4n) is 3.67. The molecular weight excluding hydrogens is 406 g/mol. The minimum Gasteiger partial charge on any atom is -0.508 e. The van der Waals surface area contributed by atoms with E-state index in [1.165, 1.54) is 25.9 Å². The smallest absolute Gasteiger partial charge is 0.256 e. The number of phenols is 1. The zero-order valence-electron chi connectivity index (χ0n) is 16.5. The SMILES string of the molecule is COc1cc(C(=O)Nc2ncnc3cc(O)cc(OC4CCCCC4)c23)ccc1Cl. The molecule has 8 heteroatoms. The van der Waals surface area contributed by atoms with Gasteiger partial charge in [-0.1, -0.05) is 18.0 Å². The number of benzene rings is 2. The van der Waals surface area contributed by atoms with Crippen molar-refractivity contribution in [2.45, 2.75) is 38.2 Å². The molecule has 1 fully saturated rings. The van der Waals surface area contributed by atoms with Crippen molar-refractivity contribution in [1.29, 1.82) is 0 Å². The number of nitrogens with zero attached hydrogens (tertiary/aromatic N) is 2. The second-order valence-corrected chi connectivity index (χ2v) is 7.65. The van der Waals surface area contributed by atoms with Crippen LogP contribution in [-0.2, 0) is 0 Å². The van der Waals surface area contributed by atoms with E-state index < -0.39 is 0 Å². The molecule has 1 aromatic heterocycles. The van der Waals surface area contributed by atoms with Gasteiger partial charge in [-0.25, -0.2) is 9.97 Å². The number of ether oxygens (including phenoxy) is 2. The Labute approximate surface area is 179 Å². The van der Waals surface area contributed by atoms with Crippen LogP contribution in [0.5, 0.6) is 17.2 Å². The van der Waals surface area contributed by atoms with Crippen LogP contribution in [0.2, 0.25) is 5.02 Å². The molecule has 1 aliphatic rings. The summed E-state index contributed by atoms with van der Waals surface area (Å²) < 4.78 is 11.4. The highest BCUT2D eigenvalue weighted by Gasteiger charge is 2.20. The number of aromatic hydroxyl groups is 1. The van der Waals surface area contributed by atoms with E-state index in [0.717, 1.165) is 25.7 Å². The maximum Gasteiger partial charge on any atom is 0.256 e. The van der Waals surface area contributed by atoms with Crippen molar-refractivity contribution in [2.24, 2.45) is 0 Å². The molecule has 2 aromatic carbocycles. The number of rotatable bonds is 5. The first kappa shape index (κ1) is 20.2. The number of phenolic OH excluding ortho intramolecular Hbond substituents is 1. The van der Waals surface area contributed by atoms with E-state index in [1.54, 1.807) is 24.3 Å². The van der Waals surface area contributed by atoms with Gasteiger partial charge in [0.1, 0.15) is 29.4 Å². The summed E-state index contributed by atoms with van der Waals surface area (Å²) in [5, 5.41) is 13.9. The molecule has 4 rings (SSSR count). The highest BCUT2D eigenvalue weighted by atomic mass is 35.5. The monoisotopic (exact) mass is 427 g/mol. The molecule has 156 valence electrons. The number of hydrogen-bond acceptors (Lipinski definition) is 6. The summed E-state index contributed by atoms with van der Waals surface area (Å²) in [6.45, 7) is 0. The van der Waals surface area contributed by atoms with Gasteiger partial charge in [-0.2, -0.15) is 0 Å². The summed E-state index contributed by atoms with van der Waals surface area (Å²) in [5.41, 5.74) is 0.858. The summed E-state index contributed by atoms with van der Waals surface area (Å²) in [5.74, 6) is 0.850. The molecule has 2 N–H and O–H groups in total. The van der Waals surface area contributed by atoms with Crippen LogP contribution in [0.25, 0.3) is 10.9 Å². The fourth-order valence-corrected chi connectivity index (χ4v) is 3.87. The molecule has 0 unspecified atom stereocenters. The summed E-state index contributed by atoms with van der Waals surface area (Å²) >= 11 is 6.05. The van der Waals surface area contributed by atoms with Crippen molar-refractivity contribution in [2.75, 3.05) is 12.4 Å². The molecule has 1 amide bonds. The van der Waals surface area contributed by atoms with Gasteiger partial charge in [0.15, 0.2) is 0 Å². The van der Waals surface area contributed by atoms with Gasteiger partial charge in [-0.15, -0.1) is 0 Å². The zero-order valence-corrected chi connectivity index (χ0v) is 17.3. The first-order valence-corrected chi connectivity index (χ1v) is 10.2. The molecule has 7 nitrogen and oxygen atoms in total. The number of aromatic nitrogens is 2. The highest BCUT2D eigenvalue weighted by molar-refractivity contribution is 6.32. The number of amides is 1. The summed E-state index contributed by atoms with van der Waals surface area (Å²) in [4.78, 5) is 21.3. The van der Waals surface area contributed by atoms with Crippen molar-refractivity contribution >= 4 is 34.2 Å². The number of hydrogen-bond donors (Lipinski definition) is 2. The molecule has 1 saturated carbocycles. The molecule has 0 radical (unpaired) electrons. The molecule has 0 atom stereocenters. The Balaban J connectivity index is 1.69. The van der Waals surface area contributed by atoms with Crippen LogP contribution in [-0.4, -0.2) is 34.2 Å². The van der Waals surface area contributed by atoms with E-state index in [9.17, 15) is 9.90 Å². The lowest BCUT2D eigenvalue weighted by molar-refractivity contribution is 0.102. The third-order valence-electron chi connectivity index (χ3n) is 5.18. The molecule has 0 bridgehead atoms. The Morgan fingerprint density at radius 2 is 1.93 bits per heavy atom. The Morgan fingerprint density at radius 1 is 1.13 bits per heavy atom. The molecular formula is C22H22ClN3O4. The van der Waals surface area contributed by atoms with Gasteiger partial charge in [-0.05, 0) is 43.9 Å².